The van der Waals surface area contributed by atoms with Crippen molar-refractivity contribution in [2.75, 3.05) is 13.7 Å². The van der Waals surface area contributed by atoms with Crippen molar-refractivity contribution in [1.29, 1.82) is 5.26 Å². The van der Waals surface area contributed by atoms with E-state index in [2.05, 4.69) is 11.8 Å². The maximum Gasteiger partial charge on any atom is 0.323 e. The van der Waals surface area contributed by atoms with Crippen LogP contribution in [0.5, 0.6) is 0 Å². The highest BCUT2D eigenvalue weighted by molar-refractivity contribution is 5.75. The first kappa shape index (κ1) is 18.9. The lowest BCUT2D eigenvalue weighted by atomic mass is 10.0. The van der Waals surface area contributed by atoms with Gasteiger partial charge >= 0.3 is 11.9 Å². The Balaban J connectivity index is 5.04. The SMILES string of the molecule is CCOC(=O)C(C#N)CC(C#CC(C)(C)OC)OC(C)=O. The number of hydrogen-bond acceptors (Lipinski definition) is 6. The van der Waals surface area contributed by atoms with E-state index in [0.29, 0.717) is 0 Å². The van der Waals surface area contributed by atoms with Crippen molar-refractivity contribution in [2.24, 2.45) is 5.92 Å². The third kappa shape index (κ3) is 7.96. The third-order valence-electron chi connectivity index (χ3n) is 2.53. The molecule has 0 aliphatic rings. The van der Waals surface area contributed by atoms with Gasteiger partial charge in [-0.3, -0.25) is 9.59 Å². The van der Waals surface area contributed by atoms with Crippen molar-refractivity contribution in [3.8, 4) is 17.9 Å². The van der Waals surface area contributed by atoms with Crippen LogP contribution in [-0.4, -0.2) is 37.4 Å². The summed E-state index contributed by atoms with van der Waals surface area (Å²) in [6.45, 7) is 6.56. The maximum absolute atomic E-state index is 11.6. The molecular formula is C15H21NO5. The van der Waals surface area contributed by atoms with Gasteiger partial charge in [0.15, 0.2) is 6.10 Å². The zero-order valence-electron chi connectivity index (χ0n) is 13.1. The van der Waals surface area contributed by atoms with Crippen LogP contribution in [0.3, 0.4) is 0 Å². The Morgan fingerprint density at radius 1 is 1.33 bits per heavy atom. The number of hydrogen-bond donors (Lipinski definition) is 0. The van der Waals surface area contributed by atoms with E-state index in [1.54, 1.807) is 20.8 Å². The van der Waals surface area contributed by atoms with Gasteiger partial charge in [0, 0.05) is 20.5 Å². The summed E-state index contributed by atoms with van der Waals surface area (Å²) in [7, 11) is 1.51. The minimum Gasteiger partial charge on any atom is -0.465 e. The van der Waals surface area contributed by atoms with Gasteiger partial charge in [0.2, 0.25) is 0 Å². The minimum atomic E-state index is -1.03. The van der Waals surface area contributed by atoms with Crippen LogP contribution in [0.15, 0.2) is 0 Å². The number of esters is 2. The smallest absolute Gasteiger partial charge is 0.323 e. The fraction of sp³-hybridized carbons (Fsp3) is 0.667. The molecule has 0 amide bonds. The van der Waals surface area contributed by atoms with Crippen LogP contribution in [0.25, 0.3) is 0 Å². The number of carbonyl (C=O) groups is 2. The van der Waals surface area contributed by atoms with E-state index in [-0.39, 0.29) is 13.0 Å². The standard InChI is InChI=1S/C15H21NO5/c1-6-20-14(18)12(10-16)9-13(21-11(2)17)7-8-15(3,4)19-5/h12-13H,6,9H2,1-5H3. The molecule has 0 aliphatic heterocycles. The van der Waals surface area contributed by atoms with E-state index >= 15 is 0 Å². The lowest BCUT2D eigenvalue weighted by Crippen LogP contribution is -2.26. The molecule has 0 saturated heterocycles. The van der Waals surface area contributed by atoms with Crippen molar-refractivity contribution < 1.29 is 23.8 Å². The number of nitriles is 1. The maximum atomic E-state index is 11.6. The Kier molecular flexibility index (Phi) is 8.11. The van der Waals surface area contributed by atoms with Crippen LogP contribution >= 0.6 is 0 Å². The molecule has 0 heterocycles. The van der Waals surface area contributed by atoms with Crippen LogP contribution in [0.1, 0.15) is 34.1 Å². The van der Waals surface area contributed by atoms with Crippen molar-refractivity contribution >= 4 is 11.9 Å². The van der Waals surface area contributed by atoms with Crippen molar-refractivity contribution in [2.45, 2.75) is 45.8 Å². The van der Waals surface area contributed by atoms with Gasteiger partial charge in [0.1, 0.15) is 11.5 Å². The van der Waals surface area contributed by atoms with Gasteiger partial charge in [-0.15, -0.1) is 0 Å². The van der Waals surface area contributed by atoms with Gasteiger partial charge < -0.3 is 14.2 Å². The molecule has 0 aliphatic carbocycles. The molecule has 0 aromatic rings. The van der Waals surface area contributed by atoms with Crippen LogP contribution in [-0.2, 0) is 23.8 Å². The molecule has 0 fully saturated rings. The zero-order valence-corrected chi connectivity index (χ0v) is 13.1. The summed E-state index contributed by atoms with van der Waals surface area (Å²) in [5.74, 6) is 3.31. The third-order valence-corrected chi connectivity index (χ3v) is 2.53. The monoisotopic (exact) mass is 295 g/mol. The number of ether oxygens (including phenoxy) is 3. The van der Waals surface area contributed by atoms with E-state index in [4.69, 9.17) is 19.5 Å². The van der Waals surface area contributed by atoms with E-state index in [0.717, 1.165) is 0 Å². The largest absolute Gasteiger partial charge is 0.465 e. The van der Waals surface area contributed by atoms with Gasteiger partial charge in [-0.2, -0.15) is 5.26 Å². The van der Waals surface area contributed by atoms with Crippen LogP contribution in [0.4, 0.5) is 0 Å². The van der Waals surface area contributed by atoms with Crippen molar-refractivity contribution in [3.63, 3.8) is 0 Å². The summed E-state index contributed by atoms with van der Waals surface area (Å²) in [5.41, 5.74) is -0.718. The average Bonchev–Trinajstić information content (AvgIpc) is 2.41. The molecule has 6 heteroatoms. The first-order chi connectivity index (χ1) is 9.75. The Hall–Kier alpha value is -2.05. The molecular weight excluding hydrogens is 274 g/mol. The highest BCUT2D eigenvalue weighted by atomic mass is 16.5. The van der Waals surface area contributed by atoms with Crippen molar-refractivity contribution in [1.82, 2.24) is 0 Å². The van der Waals surface area contributed by atoms with Crippen molar-refractivity contribution in [3.05, 3.63) is 0 Å². The molecule has 0 aromatic carbocycles. The Bertz CT molecular complexity index is 467. The molecule has 0 aromatic heterocycles. The molecule has 2 atom stereocenters. The molecule has 0 radical (unpaired) electrons. The molecule has 6 nitrogen and oxygen atoms in total. The lowest BCUT2D eigenvalue weighted by molar-refractivity contribution is -0.150. The predicted octanol–water partition coefficient (Wildman–Crippen LogP) is 1.44. The Morgan fingerprint density at radius 2 is 1.95 bits per heavy atom. The fourth-order valence-corrected chi connectivity index (χ4v) is 1.30. The van der Waals surface area contributed by atoms with Gasteiger partial charge in [-0.1, -0.05) is 11.8 Å². The average molecular weight is 295 g/mol. The number of nitrogens with zero attached hydrogens (tertiary/aromatic N) is 1. The van der Waals surface area contributed by atoms with E-state index in [9.17, 15) is 9.59 Å². The van der Waals surface area contributed by atoms with E-state index in [1.807, 2.05) is 6.07 Å². The van der Waals surface area contributed by atoms with Gasteiger partial charge in [-0.25, -0.2) is 0 Å². The summed E-state index contributed by atoms with van der Waals surface area (Å²) in [6.07, 6.45) is -0.909. The molecule has 116 valence electrons. The summed E-state index contributed by atoms with van der Waals surface area (Å²) < 4.78 is 15.0. The summed E-state index contributed by atoms with van der Waals surface area (Å²) >= 11 is 0. The quantitative estimate of drug-likeness (QED) is 0.544. The molecule has 0 spiro atoms. The Labute approximate surface area is 125 Å². The second kappa shape index (κ2) is 8.99. The van der Waals surface area contributed by atoms with Gasteiger partial charge in [0.05, 0.1) is 12.7 Å². The highest BCUT2D eigenvalue weighted by Gasteiger charge is 2.25. The topological polar surface area (TPSA) is 85.6 Å². The highest BCUT2D eigenvalue weighted by Crippen LogP contribution is 2.12. The predicted molar refractivity (Wildman–Crippen MR) is 74.8 cm³/mol. The number of carbonyl (C=O) groups excluding carboxylic acids is 2. The lowest BCUT2D eigenvalue weighted by Gasteiger charge is -2.17. The van der Waals surface area contributed by atoms with Crippen LogP contribution in [0, 0.1) is 29.1 Å². The molecule has 0 rings (SSSR count). The molecule has 2 unspecified atom stereocenters. The van der Waals surface area contributed by atoms with E-state index < -0.39 is 29.6 Å². The zero-order chi connectivity index (χ0) is 16.5. The first-order valence-corrected chi connectivity index (χ1v) is 6.57. The number of methoxy groups -OCH3 is 1. The van der Waals surface area contributed by atoms with Gasteiger partial charge in [0.25, 0.3) is 0 Å². The molecule has 0 bridgehead atoms. The number of rotatable bonds is 6. The van der Waals surface area contributed by atoms with Gasteiger partial charge in [-0.05, 0) is 20.8 Å². The normalized spacial score (nSPS) is 13.1. The second-order valence-corrected chi connectivity index (χ2v) is 4.75. The van der Waals surface area contributed by atoms with E-state index in [1.165, 1.54) is 14.0 Å². The first-order valence-electron chi connectivity index (χ1n) is 6.57. The van der Waals surface area contributed by atoms with Crippen LogP contribution in [0.2, 0.25) is 0 Å². The minimum absolute atomic E-state index is 0.0400. The van der Waals surface area contributed by atoms with Crippen LogP contribution < -0.4 is 0 Å². The fourth-order valence-electron chi connectivity index (χ4n) is 1.30. The Morgan fingerprint density at radius 3 is 2.38 bits per heavy atom. The molecule has 0 N–H and O–H groups in total. The summed E-state index contributed by atoms with van der Waals surface area (Å²) in [4.78, 5) is 22.7. The summed E-state index contributed by atoms with van der Waals surface area (Å²) in [6, 6.07) is 1.84. The molecule has 21 heavy (non-hydrogen) atoms. The summed E-state index contributed by atoms with van der Waals surface area (Å²) in [5, 5.41) is 9.02. The second-order valence-electron chi connectivity index (χ2n) is 4.75. The molecule has 0 saturated carbocycles.